The van der Waals surface area contributed by atoms with Crippen molar-refractivity contribution < 1.29 is 9.53 Å². The van der Waals surface area contributed by atoms with E-state index in [-0.39, 0.29) is 12.0 Å². The van der Waals surface area contributed by atoms with E-state index in [9.17, 15) is 4.79 Å². The van der Waals surface area contributed by atoms with Crippen LogP contribution in [0.5, 0.6) is 0 Å². The maximum atomic E-state index is 11.2. The number of carbonyl (C=O) groups excluding carboxylic acids is 1. The summed E-state index contributed by atoms with van der Waals surface area (Å²) in [6.45, 7) is 4.34. The van der Waals surface area contributed by atoms with Crippen LogP contribution in [-0.2, 0) is 9.53 Å². The molecule has 78 valence electrons. The molecule has 0 aromatic rings. The van der Waals surface area contributed by atoms with Gasteiger partial charge in [0.1, 0.15) is 6.04 Å². The van der Waals surface area contributed by atoms with Gasteiger partial charge in [0.2, 0.25) is 0 Å². The SMILES string of the molecule is CCCCCOC(=O)C(C)N(C)N. The van der Waals surface area contributed by atoms with E-state index in [4.69, 9.17) is 10.6 Å². The van der Waals surface area contributed by atoms with Crippen molar-refractivity contribution in [3.63, 3.8) is 0 Å². The molecule has 0 aliphatic carbocycles. The maximum absolute atomic E-state index is 11.2. The minimum Gasteiger partial charge on any atom is -0.464 e. The summed E-state index contributed by atoms with van der Waals surface area (Å²) < 4.78 is 5.01. The molecule has 0 aliphatic heterocycles. The Labute approximate surface area is 80.0 Å². The van der Waals surface area contributed by atoms with Gasteiger partial charge in [-0.2, -0.15) is 0 Å². The van der Waals surface area contributed by atoms with Gasteiger partial charge in [0.05, 0.1) is 6.61 Å². The first-order valence-electron chi connectivity index (χ1n) is 4.73. The minimum atomic E-state index is -0.360. The Balaban J connectivity index is 3.50. The van der Waals surface area contributed by atoms with Gasteiger partial charge in [0.25, 0.3) is 0 Å². The van der Waals surface area contributed by atoms with Crippen LogP contribution in [0.15, 0.2) is 0 Å². The van der Waals surface area contributed by atoms with Crippen molar-refractivity contribution in [1.82, 2.24) is 5.01 Å². The lowest BCUT2D eigenvalue weighted by molar-refractivity contribution is -0.149. The van der Waals surface area contributed by atoms with Crippen LogP contribution in [0.4, 0.5) is 0 Å². The molecule has 0 aliphatic rings. The Morgan fingerprint density at radius 1 is 1.54 bits per heavy atom. The number of hydrogen-bond acceptors (Lipinski definition) is 4. The highest BCUT2D eigenvalue weighted by Gasteiger charge is 2.16. The molecule has 0 saturated carbocycles. The molecule has 2 N–H and O–H groups in total. The average molecular weight is 188 g/mol. The summed E-state index contributed by atoms with van der Waals surface area (Å²) in [4.78, 5) is 11.2. The Morgan fingerprint density at radius 3 is 2.62 bits per heavy atom. The molecule has 13 heavy (non-hydrogen) atoms. The number of carbonyl (C=O) groups is 1. The first-order valence-corrected chi connectivity index (χ1v) is 4.73. The second kappa shape index (κ2) is 6.86. The summed E-state index contributed by atoms with van der Waals surface area (Å²) in [5.74, 6) is 5.15. The second-order valence-corrected chi connectivity index (χ2v) is 3.22. The Morgan fingerprint density at radius 2 is 2.15 bits per heavy atom. The molecule has 0 fully saturated rings. The first-order chi connectivity index (χ1) is 6.09. The number of esters is 1. The molecule has 0 saturated heterocycles. The molecule has 1 atom stereocenters. The van der Waals surface area contributed by atoms with Crippen molar-refractivity contribution in [1.29, 1.82) is 0 Å². The largest absolute Gasteiger partial charge is 0.464 e. The van der Waals surface area contributed by atoms with Gasteiger partial charge in [-0.05, 0) is 13.3 Å². The fourth-order valence-electron chi connectivity index (χ4n) is 0.812. The fourth-order valence-corrected chi connectivity index (χ4v) is 0.812. The zero-order valence-electron chi connectivity index (χ0n) is 8.75. The number of ether oxygens (including phenoxy) is 1. The Hall–Kier alpha value is -0.610. The predicted octanol–water partition coefficient (Wildman–Crippen LogP) is 0.914. The summed E-state index contributed by atoms with van der Waals surface area (Å²) in [5.41, 5.74) is 0. The average Bonchev–Trinajstić information content (AvgIpc) is 2.10. The Kier molecular flexibility index (Phi) is 6.54. The Bertz CT molecular complexity index is 149. The van der Waals surface area contributed by atoms with Crippen LogP contribution in [0.1, 0.15) is 33.1 Å². The van der Waals surface area contributed by atoms with Crippen molar-refractivity contribution in [3.8, 4) is 0 Å². The summed E-state index contributed by atoms with van der Waals surface area (Å²) in [6.07, 6.45) is 3.16. The van der Waals surface area contributed by atoms with Crippen LogP contribution in [0.3, 0.4) is 0 Å². The lowest BCUT2D eigenvalue weighted by Crippen LogP contribution is -2.41. The second-order valence-electron chi connectivity index (χ2n) is 3.22. The minimum absolute atomic E-state index is 0.249. The summed E-state index contributed by atoms with van der Waals surface area (Å²) >= 11 is 0. The van der Waals surface area contributed by atoms with E-state index < -0.39 is 0 Å². The van der Waals surface area contributed by atoms with Crippen LogP contribution in [0.25, 0.3) is 0 Å². The van der Waals surface area contributed by atoms with Gasteiger partial charge < -0.3 is 4.74 Å². The van der Waals surface area contributed by atoms with E-state index >= 15 is 0 Å². The topological polar surface area (TPSA) is 55.6 Å². The van der Waals surface area contributed by atoms with E-state index in [2.05, 4.69) is 6.92 Å². The van der Waals surface area contributed by atoms with Gasteiger partial charge in [-0.15, -0.1) is 0 Å². The third kappa shape index (κ3) is 5.60. The summed E-state index contributed by atoms with van der Waals surface area (Å²) in [7, 11) is 1.65. The van der Waals surface area contributed by atoms with E-state index in [1.54, 1.807) is 14.0 Å². The highest BCUT2D eigenvalue weighted by Crippen LogP contribution is 1.98. The normalized spacial score (nSPS) is 13.0. The van der Waals surface area contributed by atoms with E-state index in [1.165, 1.54) is 5.01 Å². The highest BCUT2D eigenvalue weighted by atomic mass is 16.5. The van der Waals surface area contributed by atoms with Gasteiger partial charge in [-0.25, -0.2) is 5.01 Å². The van der Waals surface area contributed by atoms with Crippen molar-refractivity contribution in [2.24, 2.45) is 5.84 Å². The molecule has 4 nitrogen and oxygen atoms in total. The van der Waals surface area contributed by atoms with Gasteiger partial charge in [-0.1, -0.05) is 19.8 Å². The highest BCUT2D eigenvalue weighted by molar-refractivity contribution is 5.75. The number of nitrogens with two attached hydrogens (primary N) is 1. The molecule has 0 spiro atoms. The van der Waals surface area contributed by atoms with E-state index in [1.807, 2.05) is 0 Å². The van der Waals surface area contributed by atoms with Gasteiger partial charge in [0, 0.05) is 7.05 Å². The van der Waals surface area contributed by atoms with Crippen molar-refractivity contribution in [2.45, 2.75) is 39.2 Å². The molecule has 0 bridgehead atoms. The smallest absolute Gasteiger partial charge is 0.324 e. The molecule has 0 heterocycles. The fraction of sp³-hybridized carbons (Fsp3) is 0.889. The quantitative estimate of drug-likeness (QED) is 0.291. The van der Waals surface area contributed by atoms with Crippen LogP contribution in [0.2, 0.25) is 0 Å². The molecule has 0 aromatic heterocycles. The number of nitrogens with zero attached hydrogens (tertiary/aromatic N) is 1. The van der Waals surface area contributed by atoms with Crippen LogP contribution < -0.4 is 5.84 Å². The molecule has 4 heteroatoms. The molecule has 0 rings (SSSR count). The van der Waals surface area contributed by atoms with Crippen molar-refractivity contribution in [2.75, 3.05) is 13.7 Å². The molecule has 0 radical (unpaired) electrons. The van der Waals surface area contributed by atoms with Gasteiger partial charge >= 0.3 is 5.97 Å². The maximum Gasteiger partial charge on any atom is 0.324 e. The van der Waals surface area contributed by atoms with Gasteiger partial charge in [0.15, 0.2) is 0 Å². The van der Waals surface area contributed by atoms with Crippen molar-refractivity contribution in [3.05, 3.63) is 0 Å². The zero-order chi connectivity index (χ0) is 10.3. The molecule has 0 aromatic carbocycles. The molecular weight excluding hydrogens is 168 g/mol. The van der Waals surface area contributed by atoms with E-state index in [0.29, 0.717) is 6.61 Å². The number of rotatable bonds is 6. The first kappa shape index (κ1) is 12.4. The standard InChI is InChI=1S/C9H20N2O2/c1-4-5-6-7-13-9(12)8(2)11(3)10/h8H,4-7,10H2,1-3H3. The summed E-state index contributed by atoms with van der Waals surface area (Å²) in [6, 6.07) is -0.360. The number of hydrazine groups is 1. The van der Waals surface area contributed by atoms with Gasteiger partial charge in [-0.3, -0.25) is 10.6 Å². The van der Waals surface area contributed by atoms with Crippen LogP contribution in [0, 0.1) is 0 Å². The predicted molar refractivity (Wildman–Crippen MR) is 51.9 cm³/mol. The third-order valence-electron chi connectivity index (χ3n) is 1.94. The third-order valence-corrected chi connectivity index (χ3v) is 1.94. The molecular formula is C9H20N2O2. The lowest BCUT2D eigenvalue weighted by Gasteiger charge is -2.17. The monoisotopic (exact) mass is 188 g/mol. The van der Waals surface area contributed by atoms with Crippen LogP contribution >= 0.6 is 0 Å². The molecule has 1 unspecified atom stereocenters. The number of hydrogen-bond donors (Lipinski definition) is 1. The summed E-state index contributed by atoms with van der Waals surface area (Å²) in [5, 5.41) is 1.35. The zero-order valence-corrected chi connectivity index (χ0v) is 8.75. The molecule has 0 amide bonds. The number of unbranched alkanes of at least 4 members (excludes halogenated alkanes) is 2. The van der Waals surface area contributed by atoms with Crippen molar-refractivity contribution >= 4 is 5.97 Å². The van der Waals surface area contributed by atoms with E-state index in [0.717, 1.165) is 19.3 Å². The number of likely N-dealkylation sites (N-methyl/N-ethyl adjacent to an activating group) is 1. The van der Waals surface area contributed by atoms with Crippen LogP contribution in [-0.4, -0.2) is 30.7 Å². The lowest BCUT2D eigenvalue weighted by atomic mass is 10.3.